The Kier molecular flexibility index (Phi) is 5.15. The van der Waals surface area contributed by atoms with Crippen molar-refractivity contribution in [2.75, 3.05) is 0 Å². The van der Waals surface area contributed by atoms with Gasteiger partial charge >= 0.3 is 0 Å². The standard InChI is InChI=1S/C16H22N2OS/c1-11(2)16-18-14(10-20-16)9-19-15-6-4-5-13(8-15)7-12(3)17/h4-6,8,10-12H,7,9,17H2,1-3H3. The largest absolute Gasteiger partial charge is 0.487 e. The fraction of sp³-hybridized carbons (Fsp3) is 0.438. The van der Waals surface area contributed by atoms with E-state index in [9.17, 15) is 0 Å². The lowest BCUT2D eigenvalue weighted by molar-refractivity contribution is 0.301. The molecule has 0 bridgehead atoms. The Bertz CT molecular complexity index is 549. The SMILES string of the molecule is CC(N)Cc1cccc(OCc2csc(C(C)C)n2)c1. The smallest absolute Gasteiger partial charge is 0.131 e. The molecule has 0 amide bonds. The van der Waals surface area contributed by atoms with E-state index in [1.165, 1.54) is 5.56 Å². The molecule has 0 radical (unpaired) electrons. The van der Waals surface area contributed by atoms with Gasteiger partial charge in [0.15, 0.2) is 0 Å². The van der Waals surface area contributed by atoms with Gasteiger partial charge in [0.1, 0.15) is 12.4 Å². The van der Waals surface area contributed by atoms with Gasteiger partial charge in [-0.2, -0.15) is 0 Å². The third-order valence-electron chi connectivity index (χ3n) is 2.91. The van der Waals surface area contributed by atoms with Crippen molar-refractivity contribution in [1.82, 2.24) is 4.98 Å². The van der Waals surface area contributed by atoms with E-state index >= 15 is 0 Å². The van der Waals surface area contributed by atoms with Crippen LogP contribution >= 0.6 is 11.3 Å². The van der Waals surface area contributed by atoms with Crippen LogP contribution in [0, 0.1) is 0 Å². The molecule has 2 N–H and O–H groups in total. The highest BCUT2D eigenvalue weighted by atomic mass is 32.1. The minimum Gasteiger partial charge on any atom is -0.487 e. The van der Waals surface area contributed by atoms with Crippen molar-refractivity contribution in [2.45, 2.75) is 45.8 Å². The summed E-state index contributed by atoms with van der Waals surface area (Å²) in [5, 5.41) is 3.23. The number of nitrogens with zero attached hydrogens (tertiary/aromatic N) is 1. The van der Waals surface area contributed by atoms with E-state index in [0.717, 1.165) is 22.9 Å². The van der Waals surface area contributed by atoms with Crippen LogP contribution < -0.4 is 10.5 Å². The summed E-state index contributed by atoms with van der Waals surface area (Å²) in [4.78, 5) is 4.57. The average molecular weight is 290 g/mol. The minimum atomic E-state index is 0.164. The second-order valence-electron chi connectivity index (χ2n) is 5.45. The highest BCUT2D eigenvalue weighted by Gasteiger charge is 2.06. The van der Waals surface area contributed by atoms with E-state index in [2.05, 4.69) is 36.3 Å². The molecule has 0 aliphatic carbocycles. The molecule has 1 heterocycles. The Morgan fingerprint density at radius 2 is 2.10 bits per heavy atom. The van der Waals surface area contributed by atoms with Crippen LogP contribution in [0.1, 0.15) is 43.0 Å². The molecule has 2 aromatic rings. The van der Waals surface area contributed by atoms with Crippen molar-refractivity contribution in [3.05, 3.63) is 45.9 Å². The van der Waals surface area contributed by atoms with Crippen molar-refractivity contribution >= 4 is 11.3 Å². The van der Waals surface area contributed by atoms with E-state index in [1.807, 2.05) is 19.1 Å². The topological polar surface area (TPSA) is 48.1 Å². The molecular weight excluding hydrogens is 268 g/mol. The third-order valence-corrected chi connectivity index (χ3v) is 4.10. The maximum absolute atomic E-state index is 5.82. The minimum absolute atomic E-state index is 0.164. The van der Waals surface area contributed by atoms with Gasteiger partial charge in [-0.25, -0.2) is 4.98 Å². The Balaban J connectivity index is 1.96. The van der Waals surface area contributed by atoms with Crippen LogP contribution in [0.15, 0.2) is 29.6 Å². The van der Waals surface area contributed by atoms with Crippen LogP contribution in [-0.4, -0.2) is 11.0 Å². The Labute approximate surface area is 124 Å². The molecule has 1 aromatic heterocycles. The Hall–Kier alpha value is -1.39. The maximum Gasteiger partial charge on any atom is 0.131 e. The first-order valence-electron chi connectivity index (χ1n) is 6.96. The highest BCUT2D eigenvalue weighted by Crippen LogP contribution is 2.21. The quantitative estimate of drug-likeness (QED) is 0.881. The molecule has 2 rings (SSSR count). The molecular formula is C16H22N2OS. The van der Waals surface area contributed by atoms with E-state index in [4.69, 9.17) is 10.5 Å². The first-order chi connectivity index (χ1) is 9.54. The zero-order chi connectivity index (χ0) is 14.5. The van der Waals surface area contributed by atoms with Gasteiger partial charge in [0.05, 0.1) is 10.7 Å². The molecule has 0 spiro atoms. The number of hydrogen-bond donors (Lipinski definition) is 1. The van der Waals surface area contributed by atoms with Gasteiger partial charge in [-0.1, -0.05) is 26.0 Å². The van der Waals surface area contributed by atoms with Crippen molar-refractivity contribution in [3.63, 3.8) is 0 Å². The van der Waals surface area contributed by atoms with Gasteiger partial charge in [0, 0.05) is 17.3 Å². The monoisotopic (exact) mass is 290 g/mol. The van der Waals surface area contributed by atoms with E-state index in [0.29, 0.717) is 12.5 Å². The normalized spacial score (nSPS) is 12.7. The predicted octanol–water partition coefficient (Wildman–Crippen LogP) is 3.74. The lowest BCUT2D eigenvalue weighted by Gasteiger charge is -2.08. The number of benzene rings is 1. The summed E-state index contributed by atoms with van der Waals surface area (Å²) in [6, 6.07) is 8.28. The molecule has 20 heavy (non-hydrogen) atoms. The van der Waals surface area contributed by atoms with Crippen molar-refractivity contribution < 1.29 is 4.74 Å². The van der Waals surface area contributed by atoms with Crippen LogP contribution in [0.2, 0.25) is 0 Å². The molecule has 4 heteroatoms. The molecule has 108 valence electrons. The Morgan fingerprint density at radius 3 is 2.75 bits per heavy atom. The van der Waals surface area contributed by atoms with Crippen molar-refractivity contribution in [2.24, 2.45) is 5.73 Å². The van der Waals surface area contributed by atoms with E-state index < -0.39 is 0 Å². The third kappa shape index (κ3) is 4.32. The number of rotatable bonds is 6. The lowest BCUT2D eigenvalue weighted by atomic mass is 10.1. The molecule has 3 nitrogen and oxygen atoms in total. The predicted molar refractivity (Wildman–Crippen MR) is 84.3 cm³/mol. The fourth-order valence-corrected chi connectivity index (χ4v) is 2.77. The highest BCUT2D eigenvalue weighted by molar-refractivity contribution is 7.09. The van der Waals surface area contributed by atoms with Crippen LogP contribution in [-0.2, 0) is 13.0 Å². The summed E-state index contributed by atoms with van der Waals surface area (Å²) < 4.78 is 5.81. The Morgan fingerprint density at radius 1 is 1.30 bits per heavy atom. The summed E-state index contributed by atoms with van der Waals surface area (Å²) in [7, 11) is 0. The second-order valence-corrected chi connectivity index (χ2v) is 6.34. The zero-order valence-electron chi connectivity index (χ0n) is 12.3. The molecule has 0 aliphatic heterocycles. The summed E-state index contributed by atoms with van der Waals surface area (Å²) in [5.41, 5.74) is 8.02. The first-order valence-corrected chi connectivity index (χ1v) is 7.84. The van der Waals surface area contributed by atoms with Gasteiger partial charge in [-0.3, -0.25) is 0 Å². The molecule has 0 saturated heterocycles. The molecule has 0 fully saturated rings. The summed E-state index contributed by atoms with van der Waals surface area (Å²) in [6.45, 7) is 6.84. The maximum atomic E-state index is 5.82. The van der Waals surface area contributed by atoms with Crippen LogP contribution in [0.4, 0.5) is 0 Å². The van der Waals surface area contributed by atoms with E-state index in [1.54, 1.807) is 11.3 Å². The van der Waals surface area contributed by atoms with Gasteiger partial charge < -0.3 is 10.5 Å². The number of nitrogens with two attached hydrogens (primary N) is 1. The van der Waals surface area contributed by atoms with Gasteiger partial charge in [-0.15, -0.1) is 11.3 Å². The van der Waals surface area contributed by atoms with E-state index in [-0.39, 0.29) is 6.04 Å². The van der Waals surface area contributed by atoms with Crippen LogP contribution in [0.5, 0.6) is 5.75 Å². The molecule has 0 aliphatic rings. The molecule has 0 saturated carbocycles. The zero-order valence-corrected chi connectivity index (χ0v) is 13.1. The van der Waals surface area contributed by atoms with Crippen LogP contribution in [0.25, 0.3) is 0 Å². The first kappa shape index (κ1) is 15.0. The van der Waals surface area contributed by atoms with Crippen molar-refractivity contribution in [1.29, 1.82) is 0 Å². The number of hydrogen-bond acceptors (Lipinski definition) is 4. The van der Waals surface area contributed by atoms with Crippen molar-refractivity contribution in [3.8, 4) is 5.75 Å². The van der Waals surface area contributed by atoms with Gasteiger partial charge in [0.25, 0.3) is 0 Å². The summed E-state index contributed by atoms with van der Waals surface area (Å²) >= 11 is 1.70. The molecule has 1 unspecified atom stereocenters. The lowest BCUT2D eigenvalue weighted by Crippen LogP contribution is -2.17. The number of thiazole rings is 1. The second kappa shape index (κ2) is 6.86. The summed E-state index contributed by atoms with van der Waals surface area (Å²) in [5.74, 6) is 1.35. The number of ether oxygens (including phenoxy) is 1. The summed E-state index contributed by atoms with van der Waals surface area (Å²) in [6.07, 6.45) is 0.866. The average Bonchev–Trinajstić information content (AvgIpc) is 2.85. The number of aromatic nitrogens is 1. The van der Waals surface area contributed by atoms with Gasteiger partial charge in [-0.05, 0) is 31.0 Å². The fourth-order valence-electron chi connectivity index (χ4n) is 1.95. The van der Waals surface area contributed by atoms with Gasteiger partial charge in [0.2, 0.25) is 0 Å². The van der Waals surface area contributed by atoms with Crippen LogP contribution in [0.3, 0.4) is 0 Å². The molecule has 1 aromatic carbocycles. The molecule has 1 atom stereocenters.